The molecule has 0 saturated carbocycles. The molecule has 1 amide bonds. The molecule has 0 aliphatic heterocycles. The summed E-state index contributed by atoms with van der Waals surface area (Å²) in [5.74, 6) is -1.67. The lowest BCUT2D eigenvalue weighted by Crippen LogP contribution is -2.20. The van der Waals surface area contributed by atoms with E-state index in [0.717, 1.165) is 6.07 Å². The van der Waals surface area contributed by atoms with Crippen molar-refractivity contribution < 1.29 is 23.7 Å². The first kappa shape index (κ1) is 17.8. The molecule has 9 heteroatoms. The summed E-state index contributed by atoms with van der Waals surface area (Å²) in [5, 5.41) is 11.4. The second-order valence-corrected chi connectivity index (χ2v) is 5.66. The van der Waals surface area contributed by atoms with Gasteiger partial charge in [-0.2, -0.15) is 0 Å². The van der Waals surface area contributed by atoms with E-state index in [1.807, 2.05) is 0 Å². The lowest BCUT2D eigenvalue weighted by Gasteiger charge is -2.06. The number of ether oxygens (including phenoxy) is 1. The Bertz CT molecular complexity index is 1160. The second kappa shape index (κ2) is 6.71. The number of hydrogen-bond acceptors (Lipinski definition) is 7. The summed E-state index contributed by atoms with van der Waals surface area (Å²) >= 11 is 0. The van der Waals surface area contributed by atoms with Gasteiger partial charge in [-0.3, -0.25) is 14.9 Å². The summed E-state index contributed by atoms with van der Waals surface area (Å²) in [7, 11) is 0. The largest absolute Gasteiger partial charge is 0.423 e. The van der Waals surface area contributed by atoms with Crippen LogP contribution < -0.4 is 16.1 Å². The van der Waals surface area contributed by atoms with Crippen LogP contribution in [0.3, 0.4) is 0 Å². The van der Waals surface area contributed by atoms with E-state index in [1.165, 1.54) is 36.4 Å². The van der Waals surface area contributed by atoms with Crippen molar-refractivity contribution in [2.45, 2.75) is 6.92 Å². The minimum atomic E-state index is -0.915. The maximum absolute atomic E-state index is 12.2. The maximum Gasteiger partial charge on any atom is 0.349 e. The van der Waals surface area contributed by atoms with Crippen molar-refractivity contribution in [3.8, 4) is 5.75 Å². The molecule has 136 valence electrons. The topological polar surface area (TPSA) is 143 Å². The number of primary amides is 1. The van der Waals surface area contributed by atoms with Crippen molar-refractivity contribution in [1.29, 1.82) is 0 Å². The number of fused-ring (bicyclic) bond motifs is 1. The number of aryl methyl sites for hydroxylation is 1. The highest BCUT2D eigenvalue weighted by molar-refractivity contribution is 5.96. The van der Waals surface area contributed by atoms with Gasteiger partial charge in [0, 0.05) is 23.1 Å². The number of hydrogen-bond donors (Lipinski definition) is 1. The monoisotopic (exact) mass is 368 g/mol. The van der Waals surface area contributed by atoms with Crippen LogP contribution in [0.1, 0.15) is 26.3 Å². The molecule has 2 N–H and O–H groups in total. The van der Waals surface area contributed by atoms with Gasteiger partial charge in [0.05, 0.1) is 10.5 Å². The number of nitro groups is 1. The number of nitro benzene ring substituents is 1. The summed E-state index contributed by atoms with van der Waals surface area (Å²) in [6.45, 7) is 1.55. The molecule has 27 heavy (non-hydrogen) atoms. The Labute approximate surface area is 151 Å². The normalized spacial score (nSPS) is 10.6. The van der Waals surface area contributed by atoms with Gasteiger partial charge in [0.2, 0.25) is 0 Å². The van der Waals surface area contributed by atoms with E-state index in [-0.39, 0.29) is 28.1 Å². The highest BCUT2D eigenvalue weighted by atomic mass is 16.6. The number of carbonyl (C=O) groups excluding carboxylic acids is 2. The SMILES string of the molecule is Cc1ccc(C(=O)Oc2ccc3cc(C(N)=O)c(=O)oc3c2)cc1[N+](=O)[O-]. The van der Waals surface area contributed by atoms with E-state index in [9.17, 15) is 24.5 Å². The third-order valence-electron chi connectivity index (χ3n) is 3.82. The van der Waals surface area contributed by atoms with Crippen LogP contribution in [0.5, 0.6) is 5.75 Å². The molecule has 0 atom stereocenters. The van der Waals surface area contributed by atoms with Gasteiger partial charge >= 0.3 is 11.6 Å². The highest BCUT2D eigenvalue weighted by Gasteiger charge is 2.17. The van der Waals surface area contributed by atoms with Crippen LogP contribution in [-0.2, 0) is 0 Å². The molecule has 0 aliphatic rings. The van der Waals surface area contributed by atoms with Crippen molar-refractivity contribution in [2.75, 3.05) is 0 Å². The van der Waals surface area contributed by atoms with Crippen molar-refractivity contribution in [3.05, 3.63) is 79.7 Å². The third-order valence-corrected chi connectivity index (χ3v) is 3.82. The highest BCUT2D eigenvalue weighted by Crippen LogP contribution is 2.23. The average Bonchev–Trinajstić information content (AvgIpc) is 2.60. The van der Waals surface area contributed by atoms with Gasteiger partial charge in [0.15, 0.2) is 0 Å². The summed E-state index contributed by atoms with van der Waals surface area (Å²) < 4.78 is 10.2. The molecule has 0 saturated heterocycles. The Balaban J connectivity index is 1.92. The molecule has 0 unspecified atom stereocenters. The number of nitrogens with zero attached hydrogens (tertiary/aromatic N) is 1. The predicted molar refractivity (Wildman–Crippen MR) is 93.8 cm³/mol. The third kappa shape index (κ3) is 3.52. The minimum absolute atomic E-state index is 0.00192. The van der Waals surface area contributed by atoms with E-state index in [4.69, 9.17) is 14.9 Å². The lowest BCUT2D eigenvalue weighted by molar-refractivity contribution is -0.385. The standard InChI is InChI=1S/C18H12N2O7/c1-9-2-3-11(7-14(9)20(24)25)17(22)26-12-5-4-10-6-13(16(19)21)18(23)27-15(10)8-12/h2-8H,1H3,(H2,19,21). The molecule has 1 heterocycles. The van der Waals surface area contributed by atoms with Crippen LogP contribution in [0.4, 0.5) is 5.69 Å². The Hall–Kier alpha value is -4.01. The van der Waals surface area contributed by atoms with Gasteiger partial charge in [0.25, 0.3) is 11.6 Å². The quantitative estimate of drug-likeness (QED) is 0.245. The molecule has 0 spiro atoms. The van der Waals surface area contributed by atoms with Crippen molar-refractivity contribution in [2.24, 2.45) is 5.73 Å². The molecular weight excluding hydrogens is 356 g/mol. The average molecular weight is 368 g/mol. The van der Waals surface area contributed by atoms with E-state index >= 15 is 0 Å². The fraction of sp³-hybridized carbons (Fsp3) is 0.0556. The van der Waals surface area contributed by atoms with E-state index in [0.29, 0.717) is 10.9 Å². The fourth-order valence-corrected chi connectivity index (χ4v) is 2.43. The summed E-state index contributed by atoms with van der Waals surface area (Å²) in [6, 6.07) is 9.45. The fourth-order valence-electron chi connectivity index (χ4n) is 2.43. The zero-order valence-corrected chi connectivity index (χ0v) is 13.9. The summed E-state index contributed by atoms with van der Waals surface area (Å²) in [4.78, 5) is 45.5. The Kier molecular flexibility index (Phi) is 4.43. The summed E-state index contributed by atoms with van der Waals surface area (Å²) in [5.41, 5.74) is 4.19. The van der Waals surface area contributed by atoms with E-state index in [1.54, 1.807) is 6.92 Å². The summed E-state index contributed by atoms with van der Waals surface area (Å²) in [6.07, 6.45) is 0. The minimum Gasteiger partial charge on any atom is -0.423 e. The molecule has 9 nitrogen and oxygen atoms in total. The van der Waals surface area contributed by atoms with Gasteiger partial charge in [-0.1, -0.05) is 6.07 Å². The van der Waals surface area contributed by atoms with Gasteiger partial charge in [-0.15, -0.1) is 0 Å². The lowest BCUT2D eigenvalue weighted by atomic mass is 10.1. The molecule has 0 bridgehead atoms. The van der Waals surface area contributed by atoms with Gasteiger partial charge in [-0.05, 0) is 31.2 Å². The predicted octanol–water partition coefficient (Wildman–Crippen LogP) is 2.33. The zero-order valence-electron chi connectivity index (χ0n) is 13.9. The maximum atomic E-state index is 12.2. The van der Waals surface area contributed by atoms with Crippen LogP contribution in [-0.4, -0.2) is 16.8 Å². The molecule has 3 rings (SSSR count). The van der Waals surface area contributed by atoms with Gasteiger partial charge in [0.1, 0.15) is 16.9 Å². The Morgan fingerprint density at radius 3 is 2.56 bits per heavy atom. The number of esters is 1. The van der Waals surface area contributed by atoms with Crippen LogP contribution in [0.15, 0.2) is 51.7 Å². The molecule has 0 radical (unpaired) electrons. The number of nitrogens with two attached hydrogens (primary N) is 1. The molecule has 1 aromatic heterocycles. The number of carbonyl (C=O) groups is 2. The van der Waals surface area contributed by atoms with Gasteiger partial charge < -0.3 is 14.9 Å². The van der Waals surface area contributed by atoms with Crippen molar-refractivity contribution in [3.63, 3.8) is 0 Å². The number of rotatable bonds is 4. The van der Waals surface area contributed by atoms with Crippen molar-refractivity contribution >= 4 is 28.5 Å². The molecule has 2 aromatic carbocycles. The van der Waals surface area contributed by atoms with Crippen LogP contribution in [0.25, 0.3) is 11.0 Å². The Morgan fingerprint density at radius 1 is 1.15 bits per heavy atom. The zero-order chi connectivity index (χ0) is 19.7. The smallest absolute Gasteiger partial charge is 0.349 e. The molecule has 3 aromatic rings. The Morgan fingerprint density at radius 2 is 1.89 bits per heavy atom. The van der Waals surface area contributed by atoms with Crippen LogP contribution in [0, 0.1) is 17.0 Å². The van der Waals surface area contributed by atoms with E-state index < -0.39 is 22.4 Å². The molecule has 0 fully saturated rings. The first-order valence-corrected chi connectivity index (χ1v) is 7.61. The number of amides is 1. The van der Waals surface area contributed by atoms with Gasteiger partial charge in [-0.25, -0.2) is 9.59 Å². The van der Waals surface area contributed by atoms with Crippen molar-refractivity contribution in [1.82, 2.24) is 0 Å². The van der Waals surface area contributed by atoms with Crippen LogP contribution in [0.2, 0.25) is 0 Å². The second-order valence-electron chi connectivity index (χ2n) is 5.66. The number of benzene rings is 2. The first-order chi connectivity index (χ1) is 12.8. The molecule has 0 aliphatic carbocycles. The van der Waals surface area contributed by atoms with Crippen LogP contribution >= 0.6 is 0 Å². The van der Waals surface area contributed by atoms with E-state index in [2.05, 4.69) is 0 Å². The first-order valence-electron chi connectivity index (χ1n) is 7.61. The molecular formula is C18H12N2O7.